The molecule has 1 amide bonds. The zero-order valence-electron chi connectivity index (χ0n) is 20.3. The van der Waals surface area contributed by atoms with Crippen LogP contribution in [0.4, 0.5) is 16.0 Å². The number of ether oxygens (including phenoxy) is 1. The molecule has 184 valence electrons. The predicted octanol–water partition coefficient (Wildman–Crippen LogP) is 4.22. The summed E-state index contributed by atoms with van der Waals surface area (Å²) < 4.78 is 21.3. The average Bonchev–Trinajstić information content (AvgIpc) is 3.32. The van der Waals surface area contributed by atoms with E-state index < -0.39 is 11.8 Å². The fraction of sp³-hybridized carbons (Fsp3) is 0.400. The number of hydrogen-bond acceptors (Lipinski definition) is 7. The van der Waals surface area contributed by atoms with E-state index in [0.29, 0.717) is 24.3 Å². The van der Waals surface area contributed by atoms with E-state index in [2.05, 4.69) is 20.4 Å². The Bertz CT molecular complexity index is 1230. The first kappa shape index (κ1) is 24.3. The molecule has 2 aromatic heterocycles. The third kappa shape index (κ3) is 5.31. The Hall–Kier alpha value is -3.82. The van der Waals surface area contributed by atoms with Gasteiger partial charge in [-0.1, -0.05) is 39.0 Å². The number of benzene rings is 1. The van der Waals surface area contributed by atoms with Gasteiger partial charge in [0.25, 0.3) is 0 Å². The largest absolute Gasteiger partial charge is 0.465 e. The first-order valence-electron chi connectivity index (χ1n) is 11.5. The first-order chi connectivity index (χ1) is 16.7. The molecule has 0 atom stereocenters. The number of halogens is 1. The second kappa shape index (κ2) is 9.81. The zero-order valence-corrected chi connectivity index (χ0v) is 20.3. The summed E-state index contributed by atoms with van der Waals surface area (Å²) >= 11 is 0. The fourth-order valence-electron chi connectivity index (χ4n) is 4.13. The molecule has 3 aromatic rings. The Balaban J connectivity index is 1.48. The number of carbonyl (C=O) groups excluding carboxylic acids is 2. The molecule has 35 heavy (non-hydrogen) atoms. The standard InChI is InChI=1S/C25H29FN6O3/c1-25(2,3)23(34)31-11-9-17(10-12-31)32-15-16(13-28-32)29-24-27-14-20(26)21(30-24)18-7-5-6-8-19(18)22(33)35-4/h5-8,13-15,17H,9-12H2,1-4H3,(H,27,29,30). The Morgan fingerprint density at radius 2 is 1.86 bits per heavy atom. The van der Waals surface area contributed by atoms with Crippen molar-refractivity contribution in [1.29, 1.82) is 0 Å². The number of methoxy groups -OCH3 is 1. The number of likely N-dealkylation sites (tertiary alicyclic amines) is 1. The molecule has 0 spiro atoms. The van der Waals surface area contributed by atoms with Crippen LogP contribution in [0.15, 0.2) is 42.9 Å². The topological polar surface area (TPSA) is 102 Å². The minimum atomic E-state index is -0.654. The monoisotopic (exact) mass is 480 g/mol. The molecule has 0 saturated carbocycles. The highest BCUT2D eigenvalue weighted by molar-refractivity contribution is 5.96. The van der Waals surface area contributed by atoms with E-state index in [1.165, 1.54) is 7.11 Å². The molecular formula is C25H29FN6O3. The van der Waals surface area contributed by atoms with Crippen LogP contribution in [0.5, 0.6) is 0 Å². The number of nitrogens with zero attached hydrogens (tertiary/aromatic N) is 5. The number of piperidine rings is 1. The van der Waals surface area contributed by atoms with Crippen molar-refractivity contribution in [3.05, 3.63) is 54.2 Å². The summed E-state index contributed by atoms with van der Waals surface area (Å²) in [5, 5.41) is 7.52. The summed E-state index contributed by atoms with van der Waals surface area (Å²) in [7, 11) is 1.27. The predicted molar refractivity (Wildman–Crippen MR) is 129 cm³/mol. The third-order valence-electron chi connectivity index (χ3n) is 5.96. The molecule has 1 N–H and O–H groups in total. The molecule has 1 fully saturated rings. The second-order valence-corrected chi connectivity index (χ2v) is 9.53. The number of rotatable bonds is 5. The number of nitrogens with one attached hydrogen (secondary N) is 1. The fourth-order valence-corrected chi connectivity index (χ4v) is 4.13. The van der Waals surface area contributed by atoms with Crippen LogP contribution in [-0.4, -0.2) is 56.7 Å². The van der Waals surface area contributed by atoms with Crippen molar-refractivity contribution in [3.8, 4) is 11.3 Å². The maximum Gasteiger partial charge on any atom is 0.338 e. The van der Waals surface area contributed by atoms with Gasteiger partial charge in [0.2, 0.25) is 11.9 Å². The van der Waals surface area contributed by atoms with E-state index in [1.807, 2.05) is 36.5 Å². The van der Waals surface area contributed by atoms with Gasteiger partial charge in [-0.2, -0.15) is 5.10 Å². The van der Waals surface area contributed by atoms with Crippen LogP contribution in [0, 0.1) is 11.2 Å². The maximum atomic E-state index is 14.6. The molecule has 0 aliphatic carbocycles. The lowest BCUT2D eigenvalue weighted by Gasteiger charge is -2.35. The summed E-state index contributed by atoms with van der Waals surface area (Å²) in [5.41, 5.74) is 0.780. The highest BCUT2D eigenvalue weighted by Crippen LogP contribution is 2.29. The van der Waals surface area contributed by atoms with Gasteiger partial charge in [0.1, 0.15) is 5.69 Å². The Morgan fingerprint density at radius 1 is 1.14 bits per heavy atom. The van der Waals surface area contributed by atoms with E-state index in [9.17, 15) is 14.0 Å². The van der Waals surface area contributed by atoms with Crippen molar-refractivity contribution in [2.75, 3.05) is 25.5 Å². The summed E-state index contributed by atoms with van der Waals surface area (Å²) in [6.07, 6.45) is 6.18. The number of hydrogen-bond donors (Lipinski definition) is 1. The minimum Gasteiger partial charge on any atom is -0.465 e. The molecule has 1 saturated heterocycles. The summed E-state index contributed by atoms with van der Waals surface area (Å²) in [4.78, 5) is 34.9. The molecule has 1 aliphatic rings. The summed E-state index contributed by atoms with van der Waals surface area (Å²) in [6.45, 7) is 7.18. The first-order valence-corrected chi connectivity index (χ1v) is 11.5. The van der Waals surface area contributed by atoms with Gasteiger partial charge < -0.3 is 15.0 Å². The normalized spacial score (nSPS) is 14.6. The molecule has 0 unspecified atom stereocenters. The number of amides is 1. The molecule has 1 aliphatic heterocycles. The molecule has 4 rings (SSSR count). The van der Waals surface area contributed by atoms with Crippen molar-refractivity contribution in [2.24, 2.45) is 5.41 Å². The number of aromatic nitrogens is 4. The quantitative estimate of drug-likeness (QED) is 0.546. The molecule has 0 bridgehead atoms. The minimum absolute atomic E-state index is 0.00761. The van der Waals surface area contributed by atoms with E-state index in [4.69, 9.17) is 4.74 Å². The van der Waals surface area contributed by atoms with Crippen LogP contribution >= 0.6 is 0 Å². The Labute approximate surface area is 203 Å². The smallest absolute Gasteiger partial charge is 0.338 e. The highest BCUT2D eigenvalue weighted by Gasteiger charge is 2.31. The van der Waals surface area contributed by atoms with Crippen molar-refractivity contribution in [3.63, 3.8) is 0 Å². The van der Waals surface area contributed by atoms with Gasteiger partial charge >= 0.3 is 5.97 Å². The van der Waals surface area contributed by atoms with Crippen LogP contribution in [0.25, 0.3) is 11.3 Å². The molecule has 1 aromatic carbocycles. The lowest BCUT2D eigenvalue weighted by atomic mass is 9.93. The molecule has 9 nitrogen and oxygen atoms in total. The second-order valence-electron chi connectivity index (χ2n) is 9.53. The van der Waals surface area contributed by atoms with Gasteiger partial charge in [-0.05, 0) is 18.9 Å². The lowest BCUT2D eigenvalue weighted by molar-refractivity contribution is -0.140. The molecular weight excluding hydrogens is 451 g/mol. The van der Waals surface area contributed by atoms with E-state index in [1.54, 1.807) is 30.5 Å². The van der Waals surface area contributed by atoms with Crippen molar-refractivity contribution < 1.29 is 18.7 Å². The van der Waals surface area contributed by atoms with Gasteiger partial charge in [-0.15, -0.1) is 0 Å². The van der Waals surface area contributed by atoms with Gasteiger partial charge in [0, 0.05) is 30.3 Å². The lowest BCUT2D eigenvalue weighted by Crippen LogP contribution is -2.44. The van der Waals surface area contributed by atoms with E-state index in [-0.39, 0.29) is 34.6 Å². The van der Waals surface area contributed by atoms with Crippen molar-refractivity contribution in [1.82, 2.24) is 24.6 Å². The van der Waals surface area contributed by atoms with Crippen molar-refractivity contribution in [2.45, 2.75) is 39.7 Å². The number of carbonyl (C=O) groups is 2. The van der Waals surface area contributed by atoms with Gasteiger partial charge in [0.05, 0.1) is 36.8 Å². The van der Waals surface area contributed by atoms with Gasteiger partial charge in [-0.3, -0.25) is 9.48 Å². The van der Waals surface area contributed by atoms with Crippen molar-refractivity contribution >= 4 is 23.5 Å². The van der Waals surface area contributed by atoms with Crippen LogP contribution in [0.2, 0.25) is 0 Å². The highest BCUT2D eigenvalue weighted by atomic mass is 19.1. The SMILES string of the molecule is COC(=O)c1ccccc1-c1nc(Nc2cnn(C3CCN(C(=O)C(C)(C)C)CC3)c2)ncc1F. The number of anilines is 2. The molecule has 0 radical (unpaired) electrons. The third-order valence-corrected chi connectivity index (χ3v) is 5.96. The van der Waals surface area contributed by atoms with E-state index in [0.717, 1.165) is 19.0 Å². The summed E-state index contributed by atoms with van der Waals surface area (Å²) in [6, 6.07) is 6.70. The average molecular weight is 481 g/mol. The van der Waals surface area contributed by atoms with E-state index >= 15 is 0 Å². The maximum absolute atomic E-state index is 14.6. The zero-order chi connectivity index (χ0) is 25.2. The van der Waals surface area contributed by atoms with Gasteiger partial charge in [0.15, 0.2) is 5.82 Å². The summed E-state index contributed by atoms with van der Waals surface area (Å²) in [5.74, 6) is -0.896. The van der Waals surface area contributed by atoms with Crippen LogP contribution in [0.3, 0.4) is 0 Å². The molecule has 3 heterocycles. The number of esters is 1. The van der Waals surface area contributed by atoms with Gasteiger partial charge in [-0.25, -0.2) is 19.2 Å². The molecule has 10 heteroatoms. The van der Waals surface area contributed by atoms with Crippen LogP contribution in [0.1, 0.15) is 50.0 Å². The Kier molecular flexibility index (Phi) is 6.81. The van der Waals surface area contributed by atoms with Crippen LogP contribution < -0.4 is 5.32 Å². The van der Waals surface area contributed by atoms with Crippen LogP contribution in [-0.2, 0) is 9.53 Å². The Morgan fingerprint density at radius 3 is 2.54 bits per heavy atom.